The summed E-state index contributed by atoms with van der Waals surface area (Å²) < 4.78 is 12.4. The second-order valence-corrected chi connectivity index (χ2v) is 10.5. The Morgan fingerprint density at radius 1 is 1.19 bits per heavy atom. The predicted octanol–water partition coefficient (Wildman–Crippen LogP) is 2.05. The second kappa shape index (κ2) is 9.77. The minimum atomic E-state index is -0.622. The van der Waals surface area contributed by atoms with E-state index < -0.39 is 18.2 Å². The number of β-amino-alcohol motifs (C(OH)–C–C–N with tert-alkyl or cyclic N) is 1. The molecule has 2 atom stereocenters. The number of carbonyl (C=O) groups excluding carboxylic acids is 1. The van der Waals surface area contributed by atoms with Crippen molar-refractivity contribution in [3.05, 3.63) is 47.6 Å². The lowest BCUT2D eigenvalue weighted by atomic mass is 10.1. The summed E-state index contributed by atoms with van der Waals surface area (Å²) in [6, 6.07) is 5.80. The largest absolute Gasteiger partial charge is 0.471 e. The third-order valence-electron chi connectivity index (χ3n) is 6.83. The lowest BCUT2D eigenvalue weighted by Gasteiger charge is -2.35. The molecule has 2 saturated heterocycles. The predicted molar refractivity (Wildman–Crippen MR) is 140 cm³/mol. The van der Waals surface area contributed by atoms with Crippen LogP contribution in [0.1, 0.15) is 30.3 Å². The molecule has 12 heteroatoms. The number of ether oxygens (including phenoxy) is 2. The van der Waals surface area contributed by atoms with Crippen LogP contribution < -0.4 is 20.4 Å². The summed E-state index contributed by atoms with van der Waals surface area (Å²) in [7, 11) is 0. The highest BCUT2D eigenvalue weighted by atomic mass is 32.1. The summed E-state index contributed by atoms with van der Waals surface area (Å²) >= 11 is 1.56. The number of aromatic nitrogens is 3. The van der Waals surface area contributed by atoms with Gasteiger partial charge in [-0.2, -0.15) is 4.98 Å². The van der Waals surface area contributed by atoms with Gasteiger partial charge in [0.1, 0.15) is 12.0 Å². The summed E-state index contributed by atoms with van der Waals surface area (Å²) in [5.74, 6) is 0.0369. The molecule has 6 rings (SSSR count). The molecule has 0 radical (unpaired) electrons. The number of aryl methyl sites for hydroxylation is 1. The van der Waals surface area contributed by atoms with Crippen molar-refractivity contribution in [1.82, 2.24) is 15.0 Å². The van der Waals surface area contributed by atoms with Crippen LogP contribution in [0.4, 0.5) is 16.6 Å². The van der Waals surface area contributed by atoms with Gasteiger partial charge in [0.15, 0.2) is 16.6 Å². The topological polar surface area (TPSA) is 130 Å². The number of thiazole rings is 1. The molecule has 3 aliphatic heterocycles. The van der Waals surface area contributed by atoms with Crippen LogP contribution in [0.2, 0.25) is 0 Å². The number of hydrogen-bond donors (Lipinski definition) is 2. The Balaban J connectivity index is 1.50. The van der Waals surface area contributed by atoms with Crippen LogP contribution in [0, 0.1) is 6.92 Å². The van der Waals surface area contributed by atoms with E-state index in [-0.39, 0.29) is 5.70 Å². The molecule has 0 bridgehead atoms. The number of aliphatic hydroxyl groups is 1. The smallest absolute Gasteiger partial charge is 0.268 e. The Hall–Kier alpha value is -3.48. The van der Waals surface area contributed by atoms with E-state index in [0.717, 1.165) is 53.6 Å². The van der Waals surface area contributed by atoms with Crippen LogP contribution in [0.3, 0.4) is 0 Å². The van der Waals surface area contributed by atoms with Crippen molar-refractivity contribution >= 4 is 44.2 Å². The van der Waals surface area contributed by atoms with E-state index >= 15 is 0 Å². The highest BCUT2D eigenvalue weighted by molar-refractivity contribution is 7.22. The second-order valence-electron chi connectivity index (χ2n) is 9.45. The molecule has 0 saturated carbocycles. The number of aliphatic hydroxyl groups excluding tert-OH is 1. The van der Waals surface area contributed by atoms with E-state index in [2.05, 4.69) is 14.8 Å². The quantitative estimate of drug-likeness (QED) is 0.512. The molecule has 1 unspecified atom stereocenters. The zero-order valence-electron chi connectivity index (χ0n) is 20.5. The van der Waals surface area contributed by atoms with E-state index in [4.69, 9.17) is 25.2 Å². The molecule has 2 fully saturated rings. The van der Waals surface area contributed by atoms with Gasteiger partial charge in [0.25, 0.3) is 5.91 Å². The van der Waals surface area contributed by atoms with Crippen LogP contribution >= 0.6 is 11.3 Å². The summed E-state index contributed by atoms with van der Waals surface area (Å²) in [5.41, 5.74) is 9.03. The first-order valence-electron chi connectivity index (χ1n) is 12.4. The highest BCUT2D eigenvalue weighted by Gasteiger charge is 2.37. The first-order valence-corrected chi connectivity index (χ1v) is 13.2. The number of primary amides is 1. The van der Waals surface area contributed by atoms with Crippen LogP contribution in [-0.4, -0.2) is 71.5 Å². The monoisotopic (exact) mass is 523 g/mol. The number of rotatable bonds is 5. The fourth-order valence-electron chi connectivity index (χ4n) is 5.03. The third-order valence-corrected chi connectivity index (χ3v) is 7.88. The van der Waals surface area contributed by atoms with Crippen molar-refractivity contribution in [2.45, 2.75) is 32.1 Å². The molecule has 3 N–H and O–H groups in total. The Bertz CT molecular complexity index is 1360. The number of amides is 1. The first kappa shape index (κ1) is 23.9. The van der Waals surface area contributed by atoms with Gasteiger partial charge in [-0.3, -0.25) is 14.7 Å². The summed E-state index contributed by atoms with van der Waals surface area (Å²) in [4.78, 5) is 32.8. The molecule has 3 aliphatic rings. The number of nitrogens with two attached hydrogens (primary N) is 1. The maximum absolute atomic E-state index is 12.6. The van der Waals surface area contributed by atoms with Crippen LogP contribution in [0.5, 0.6) is 0 Å². The minimum absolute atomic E-state index is 0.234. The van der Waals surface area contributed by atoms with Crippen molar-refractivity contribution in [1.29, 1.82) is 0 Å². The van der Waals surface area contributed by atoms with E-state index in [1.54, 1.807) is 22.4 Å². The fraction of sp³-hybridized carbons (Fsp3) is 0.440. The summed E-state index contributed by atoms with van der Waals surface area (Å²) in [5, 5.41) is 11.3. The number of morpholine rings is 1. The maximum Gasteiger partial charge on any atom is 0.268 e. The van der Waals surface area contributed by atoms with Gasteiger partial charge in [0.05, 0.1) is 29.7 Å². The summed E-state index contributed by atoms with van der Waals surface area (Å²) in [6.45, 7) is 5.95. The van der Waals surface area contributed by atoms with Gasteiger partial charge in [-0.05, 0) is 38.0 Å². The van der Waals surface area contributed by atoms with Crippen LogP contribution in [-0.2, 0) is 14.3 Å². The van der Waals surface area contributed by atoms with Crippen molar-refractivity contribution in [2.24, 2.45) is 5.73 Å². The molecule has 194 valence electrons. The lowest BCUT2D eigenvalue weighted by Crippen LogP contribution is -2.40. The fourth-order valence-corrected chi connectivity index (χ4v) is 6.03. The standard InChI is InChI=1S/C25H29N7O4S/c1-15-11-16(4-5-27-15)24-32(19(14-36-24)21(26)34)18-12-20-22(28-23(18)31-6-2-3-17(33)13-31)29-25(37-20)30-7-9-35-10-8-30/h4-5,11-12,14,17,24,33H,2-3,6-10,13H2,1H3,(H2,26,34)/t17?,24-/m0/s1. The molecule has 1 amide bonds. The third kappa shape index (κ3) is 4.56. The van der Waals surface area contributed by atoms with Gasteiger partial charge >= 0.3 is 0 Å². The van der Waals surface area contributed by atoms with Gasteiger partial charge in [-0.1, -0.05) is 11.3 Å². The number of hydrogen-bond acceptors (Lipinski definition) is 11. The SMILES string of the molecule is Cc1cc([C@@H]2OC=C(C(N)=O)N2c2cc3sc(N4CCOCC4)nc3nc2N2CCCC(O)C2)ccn1. The Labute approximate surface area is 218 Å². The van der Waals surface area contributed by atoms with E-state index in [0.29, 0.717) is 36.9 Å². The zero-order valence-corrected chi connectivity index (χ0v) is 21.4. The van der Waals surface area contributed by atoms with E-state index in [9.17, 15) is 9.90 Å². The lowest BCUT2D eigenvalue weighted by molar-refractivity contribution is -0.114. The van der Waals surface area contributed by atoms with Crippen molar-refractivity contribution < 1.29 is 19.4 Å². The van der Waals surface area contributed by atoms with Crippen LogP contribution in [0.25, 0.3) is 10.3 Å². The molecular weight excluding hydrogens is 494 g/mol. The molecule has 0 aliphatic carbocycles. The molecular formula is C25H29N7O4S. The highest BCUT2D eigenvalue weighted by Crippen LogP contribution is 2.44. The number of nitrogens with zero attached hydrogens (tertiary/aromatic N) is 6. The molecule has 0 aromatic carbocycles. The van der Waals surface area contributed by atoms with E-state index in [1.165, 1.54) is 6.26 Å². The average Bonchev–Trinajstić information content (AvgIpc) is 3.53. The van der Waals surface area contributed by atoms with Gasteiger partial charge in [0.2, 0.25) is 6.23 Å². The molecule has 3 aromatic heterocycles. The first-order chi connectivity index (χ1) is 18.0. The Morgan fingerprint density at radius 3 is 2.78 bits per heavy atom. The number of piperidine rings is 1. The molecule has 37 heavy (non-hydrogen) atoms. The average molecular weight is 524 g/mol. The number of pyridine rings is 2. The van der Waals surface area contributed by atoms with Crippen LogP contribution in [0.15, 0.2) is 36.4 Å². The molecule has 0 spiro atoms. The molecule has 6 heterocycles. The number of anilines is 3. The van der Waals surface area contributed by atoms with Gasteiger partial charge in [-0.25, -0.2) is 4.98 Å². The number of fused-ring (bicyclic) bond motifs is 1. The van der Waals surface area contributed by atoms with E-state index in [1.807, 2.05) is 25.1 Å². The maximum atomic E-state index is 12.6. The Morgan fingerprint density at radius 2 is 2.03 bits per heavy atom. The van der Waals surface area contributed by atoms with Crippen molar-refractivity contribution in [2.75, 3.05) is 54.1 Å². The Kier molecular flexibility index (Phi) is 6.31. The summed E-state index contributed by atoms with van der Waals surface area (Å²) in [6.07, 6.45) is 3.62. The van der Waals surface area contributed by atoms with Crippen molar-refractivity contribution in [3.63, 3.8) is 0 Å². The van der Waals surface area contributed by atoms with Crippen molar-refractivity contribution in [3.8, 4) is 0 Å². The minimum Gasteiger partial charge on any atom is -0.471 e. The zero-order chi connectivity index (χ0) is 25.5. The molecule has 3 aromatic rings. The van der Waals surface area contributed by atoms with Gasteiger partial charge < -0.3 is 30.1 Å². The van der Waals surface area contributed by atoms with Gasteiger partial charge in [0, 0.05) is 43.6 Å². The van der Waals surface area contributed by atoms with Gasteiger partial charge in [-0.15, -0.1) is 0 Å². The normalized spacial score (nSPS) is 22.3. The molecule has 11 nitrogen and oxygen atoms in total. The number of carbonyl (C=O) groups is 1.